The summed E-state index contributed by atoms with van der Waals surface area (Å²) in [6, 6.07) is 6.60. The molecule has 94 valence electrons. The van der Waals surface area contributed by atoms with Crippen molar-refractivity contribution in [2.24, 2.45) is 5.41 Å². The second-order valence-corrected chi connectivity index (χ2v) is 5.82. The van der Waals surface area contributed by atoms with Gasteiger partial charge in [-0.25, -0.2) is 0 Å². The van der Waals surface area contributed by atoms with Crippen molar-refractivity contribution >= 4 is 0 Å². The normalized spacial score (nSPS) is 17.9. The molecule has 1 N–H and O–H groups in total. The number of rotatable bonds is 4. The van der Waals surface area contributed by atoms with E-state index in [-0.39, 0.29) is 0 Å². The Bertz CT molecular complexity index is 394. The summed E-state index contributed by atoms with van der Waals surface area (Å²) in [4.78, 5) is 0. The molecule has 1 aromatic rings. The summed E-state index contributed by atoms with van der Waals surface area (Å²) >= 11 is 0. The Morgan fingerprint density at radius 2 is 2.06 bits per heavy atom. The maximum Gasteiger partial charge on any atom is 0.122 e. The first-order chi connectivity index (χ1) is 8.04. The van der Waals surface area contributed by atoms with Crippen molar-refractivity contribution in [1.29, 1.82) is 0 Å². The van der Waals surface area contributed by atoms with Crippen molar-refractivity contribution < 1.29 is 4.74 Å². The third-order valence-corrected chi connectivity index (χ3v) is 3.69. The minimum absolute atomic E-state index is 0.406. The van der Waals surface area contributed by atoms with E-state index in [1.54, 1.807) is 7.11 Å². The van der Waals surface area contributed by atoms with Gasteiger partial charge in [0.1, 0.15) is 5.75 Å². The fraction of sp³-hybridized carbons (Fsp3) is 0.600. The van der Waals surface area contributed by atoms with E-state index >= 15 is 0 Å². The van der Waals surface area contributed by atoms with Gasteiger partial charge in [0.2, 0.25) is 0 Å². The molecule has 1 saturated heterocycles. The van der Waals surface area contributed by atoms with Gasteiger partial charge in [-0.1, -0.05) is 32.9 Å². The molecule has 1 aliphatic rings. The third kappa shape index (κ3) is 2.63. The first-order valence-corrected chi connectivity index (χ1v) is 6.42. The van der Waals surface area contributed by atoms with E-state index in [1.165, 1.54) is 11.1 Å². The molecule has 0 atom stereocenters. The fourth-order valence-corrected chi connectivity index (χ4v) is 2.43. The smallest absolute Gasteiger partial charge is 0.122 e. The van der Waals surface area contributed by atoms with Crippen molar-refractivity contribution in [3.05, 3.63) is 29.3 Å². The number of benzene rings is 1. The van der Waals surface area contributed by atoms with Gasteiger partial charge in [0, 0.05) is 13.1 Å². The first kappa shape index (κ1) is 12.4. The van der Waals surface area contributed by atoms with E-state index in [9.17, 15) is 0 Å². The standard InChI is InChI=1S/C15H23NO/c1-11(2)12-5-6-14(17-4)13(7-12)8-15(3)9-16-10-15/h5-7,11,16H,8-10H2,1-4H3. The summed E-state index contributed by atoms with van der Waals surface area (Å²) in [5, 5.41) is 3.36. The molecule has 1 fully saturated rings. The third-order valence-electron chi connectivity index (χ3n) is 3.69. The summed E-state index contributed by atoms with van der Waals surface area (Å²) in [6.45, 7) is 9.03. The molecule has 0 unspecified atom stereocenters. The van der Waals surface area contributed by atoms with E-state index in [0.717, 1.165) is 25.3 Å². The van der Waals surface area contributed by atoms with Crippen molar-refractivity contribution in [1.82, 2.24) is 5.32 Å². The Morgan fingerprint density at radius 1 is 1.35 bits per heavy atom. The SMILES string of the molecule is COc1ccc(C(C)C)cc1CC1(C)CNC1. The lowest BCUT2D eigenvalue weighted by molar-refractivity contribution is 0.193. The minimum Gasteiger partial charge on any atom is -0.496 e. The second-order valence-electron chi connectivity index (χ2n) is 5.82. The van der Waals surface area contributed by atoms with Crippen LogP contribution in [0.4, 0.5) is 0 Å². The lowest BCUT2D eigenvalue weighted by Crippen LogP contribution is -2.52. The van der Waals surface area contributed by atoms with Crippen LogP contribution in [0.25, 0.3) is 0 Å². The van der Waals surface area contributed by atoms with Crippen LogP contribution in [-0.4, -0.2) is 20.2 Å². The van der Waals surface area contributed by atoms with Crippen molar-refractivity contribution in [2.75, 3.05) is 20.2 Å². The summed E-state index contributed by atoms with van der Waals surface area (Å²) in [7, 11) is 1.76. The molecular formula is C15H23NO. The van der Waals surface area contributed by atoms with Gasteiger partial charge in [-0.05, 0) is 34.9 Å². The van der Waals surface area contributed by atoms with Crippen LogP contribution in [-0.2, 0) is 6.42 Å². The van der Waals surface area contributed by atoms with Crippen molar-refractivity contribution in [3.8, 4) is 5.75 Å². The highest BCUT2D eigenvalue weighted by Gasteiger charge is 2.32. The lowest BCUT2D eigenvalue weighted by atomic mass is 9.78. The topological polar surface area (TPSA) is 21.3 Å². The molecule has 0 spiro atoms. The molecule has 2 nitrogen and oxygen atoms in total. The number of methoxy groups -OCH3 is 1. The number of hydrogen-bond acceptors (Lipinski definition) is 2. The Kier molecular flexibility index (Phi) is 3.43. The largest absolute Gasteiger partial charge is 0.496 e. The zero-order valence-corrected chi connectivity index (χ0v) is 11.3. The van der Waals surface area contributed by atoms with Crippen LogP contribution >= 0.6 is 0 Å². The first-order valence-electron chi connectivity index (χ1n) is 6.42. The second kappa shape index (κ2) is 4.69. The molecule has 0 bridgehead atoms. The van der Waals surface area contributed by atoms with E-state index in [0.29, 0.717) is 11.3 Å². The van der Waals surface area contributed by atoms with E-state index in [2.05, 4.69) is 44.3 Å². The van der Waals surface area contributed by atoms with Crippen LogP contribution in [0.1, 0.15) is 37.8 Å². The highest BCUT2D eigenvalue weighted by Crippen LogP contribution is 2.32. The van der Waals surface area contributed by atoms with Gasteiger partial charge in [0.05, 0.1) is 7.11 Å². The molecule has 1 aliphatic heterocycles. The van der Waals surface area contributed by atoms with Crippen LogP contribution in [0.2, 0.25) is 0 Å². The molecule has 2 rings (SSSR count). The summed E-state index contributed by atoms with van der Waals surface area (Å²) in [5.74, 6) is 1.61. The van der Waals surface area contributed by atoms with Gasteiger partial charge in [0.15, 0.2) is 0 Å². The predicted molar refractivity (Wildman–Crippen MR) is 71.8 cm³/mol. The number of hydrogen-bond donors (Lipinski definition) is 1. The number of ether oxygens (including phenoxy) is 1. The van der Waals surface area contributed by atoms with Crippen LogP contribution in [0.15, 0.2) is 18.2 Å². The molecule has 0 amide bonds. The highest BCUT2D eigenvalue weighted by molar-refractivity contribution is 5.39. The Morgan fingerprint density at radius 3 is 2.53 bits per heavy atom. The average molecular weight is 233 g/mol. The van der Waals surface area contributed by atoms with Gasteiger partial charge in [0.25, 0.3) is 0 Å². The summed E-state index contributed by atoms with van der Waals surface area (Å²) < 4.78 is 5.47. The Labute approximate surface area is 104 Å². The predicted octanol–water partition coefficient (Wildman–Crippen LogP) is 2.97. The fourth-order valence-electron chi connectivity index (χ4n) is 2.43. The molecule has 1 aromatic carbocycles. The van der Waals surface area contributed by atoms with Crippen LogP contribution in [0.3, 0.4) is 0 Å². The van der Waals surface area contributed by atoms with E-state index in [4.69, 9.17) is 4.74 Å². The summed E-state index contributed by atoms with van der Waals surface area (Å²) in [5.41, 5.74) is 3.16. The van der Waals surface area contributed by atoms with Crippen LogP contribution in [0.5, 0.6) is 5.75 Å². The van der Waals surface area contributed by atoms with Crippen molar-refractivity contribution in [3.63, 3.8) is 0 Å². The molecule has 0 radical (unpaired) electrons. The monoisotopic (exact) mass is 233 g/mol. The maximum atomic E-state index is 5.47. The van der Waals surface area contributed by atoms with Gasteiger partial charge in [-0.15, -0.1) is 0 Å². The molecule has 17 heavy (non-hydrogen) atoms. The molecule has 0 aromatic heterocycles. The minimum atomic E-state index is 0.406. The van der Waals surface area contributed by atoms with Gasteiger partial charge in [-0.3, -0.25) is 0 Å². The Hall–Kier alpha value is -1.02. The van der Waals surface area contributed by atoms with Gasteiger partial charge < -0.3 is 10.1 Å². The summed E-state index contributed by atoms with van der Waals surface area (Å²) in [6.07, 6.45) is 1.10. The zero-order valence-electron chi connectivity index (χ0n) is 11.3. The molecular weight excluding hydrogens is 210 g/mol. The highest BCUT2D eigenvalue weighted by atomic mass is 16.5. The van der Waals surface area contributed by atoms with Crippen LogP contribution < -0.4 is 10.1 Å². The lowest BCUT2D eigenvalue weighted by Gasteiger charge is -2.40. The quantitative estimate of drug-likeness (QED) is 0.863. The maximum absolute atomic E-state index is 5.47. The number of nitrogens with one attached hydrogen (secondary N) is 1. The van der Waals surface area contributed by atoms with Gasteiger partial charge >= 0.3 is 0 Å². The van der Waals surface area contributed by atoms with Crippen LogP contribution in [0, 0.1) is 5.41 Å². The van der Waals surface area contributed by atoms with E-state index in [1.807, 2.05) is 0 Å². The molecule has 0 aliphatic carbocycles. The van der Waals surface area contributed by atoms with Crippen molar-refractivity contribution in [2.45, 2.75) is 33.1 Å². The molecule has 1 heterocycles. The molecule has 2 heteroatoms. The Balaban J connectivity index is 2.25. The zero-order chi connectivity index (χ0) is 12.5. The van der Waals surface area contributed by atoms with Gasteiger partial charge in [-0.2, -0.15) is 0 Å². The average Bonchev–Trinajstić information content (AvgIpc) is 2.26. The molecule has 0 saturated carbocycles. The van der Waals surface area contributed by atoms with E-state index < -0.39 is 0 Å².